The van der Waals surface area contributed by atoms with Gasteiger partial charge in [0.05, 0.1) is 30.6 Å². The fourth-order valence-electron chi connectivity index (χ4n) is 3.75. The van der Waals surface area contributed by atoms with Gasteiger partial charge in [-0.15, -0.1) is 0 Å². The van der Waals surface area contributed by atoms with E-state index in [4.69, 9.17) is 9.47 Å². The third kappa shape index (κ3) is 5.63. The monoisotopic (exact) mass is 491 g/mol. The molecule has 1 N–H and O–H groups in total. The van der Waals surface area contributed by atoms with Gasteiger partial charge in [0.25, 0.3) is 11.1 Å². The van der Waals surface area contributed by atoms with E-state index in [1.54, 1.807) is 37.6 Å². The molecular weight excluding hydrogens is 466 g/mol. The number of pyridine rings is 1. The SMILES string of the molecule is CCOc1ccc(/C=C2\SC(=O)N(CCNC(=O)Cc3cccc4cccnc34)C2=O)cc1OC. The lowest BCUT2D eigenvalue weighted by molar-refractivity contribution is -0.124. The number of thioether (sulfide) groups is 1. The maximum absolute atomic E-state index is 12.8. The molecule has 0 aliphatic carbocycles. The smallest absolute Gasteiger partial charge is 0.293 e. The van der Waals surface area contributed by atoms with Crippen molar-refractivity contribution in [1.82, 2.24) is 15.2 Å². The number of hydrogen-bond acceptors (Lipinski definition) is 7. The largest absolute Gasteiger partial charge is 0.493 e. The Morgan fingerprint density at radius 3 is 2.77 bits per heavy atom. The zero-order valence-electron chi connectivity index (χ0n) is 19.4. The lowest BCUT2D eigenvalue weighted by Crippen LogP contribution is -2.37. The molecule has 2 aromatic carbocycles. The van der Waals surface area contributed by atoms with E-state index in [0.29, 0.717) is 28.6 Å². The number of carbonyl (C=O) groups is 3. The van der Waals surface area contributed by atoms with Crippen LogP contribution in [0.15, 0.2) is 59.6 Å². The predicted molar refractivity (Wildman–Crippen MR) is 135 cm³/mol. The number of nitrogens with one attached hydrogen (secondary N) is 1. The van der Waals surface area contributed by atoms with Crippen LogP contribution in [0.3, 0.4) is 0 Å². The van der Waals surface area contributed by atoms with Crippen LogP contribution >= 0.6 is 11.8 Å². The van der Waals surface area contributed by atoms with Gasteiger partial charge in [-0.25, -0.2) is 0 Å². The first-order valence-electron chi connectivity index (χ1n) is 11.2. The van der Waals surface area contributed by atoms with Crippen LogP contribution in [-0.2, 0) is 16.0 Å². The third-order valence-corrected chi connectivity index (χ3v) is 6.29. The molecule has 8 nitrogen and oxygen atoms in total. The third-order valence-electron chi connectivity index (χ3n) is 5.38. The Bertz CT molecular complexity index is 1300. The fourth-order valence-corrected chi connectivity index (χ4v) is 4.61. The molecule has 180 valence electrons. The molecule has 0 atom stereocenters. The molecule has 0 bridgehead atoms. The number of nitrogens with zero attached hydrogens (tertiary/aromatic N) is 2. The van der Waals surface area contributed by atoms with Crippen molar-refractivity contribution in [2.45, 2.75) is 13.3 Å². The van der Waals surface area contributed by atoms with Gasteiger partial charge < -0.3 is 14.8 Å². The highest BCUT2D eigenvalue weighted by Crippen LogP contribution is 2.34. The second kappa shape index (κ2) is 11.1. The van der Waals surface area contributed by atoms with Crippen molar-refractivity contribution in [2.24, 2.45) is 0 Å². The van der Waals surface area contributed by atoms with Crippen molar-refractivity contribution in [3.63, 3.8) is 0 Å². The highest BCUT2D eigenvalue weighted by molar-refractivity contribution is 8.18. The van der Waals surface area contributed by atoms with Crippen LogP contribution in [0.5, 0.6) is 11.5 Å². The number of benzene rings is 2. The average molecular weight is 492 g/mol. The predicted octanol–water partition coefficient (Wildman–Crippen LogP) is 4.04. The van der Waals surface area contributed by atoms with Gasteiger partial charge in [-0.2, -0.15) is 0 Å². The van der Waals surface area contributed by atoms with Crippen LogP contribution in [-0.4, -0.2) is 53.7 Å². The summed E-state index contributed by atoms with van der Waals surface area (Å²) >= 11 is 0.873. The van der Waals surface area contributed by atoms with Crippen molar-refractivity contribution in [3.05, 3.63) is 70.8 Å². The summed E-state index contributed by atoms with van der Waals surface area (Å²) < 4.78 is 10.9. The minimum atomic E-state index is -0.389. The summed E-state index contributed by atoms with van der Waals surface area (Å²) in [6.07, 6.45) is 3.51. The quantitative estimate of drug-likeness (QED) is 0.451. The number of fused-ring (bicyclic) bond motifs is 1. The van der Waals surface area contributed by atoms with Crippen LogP contribution in [0.4, 0.5) is 4.79 Å². The molecule has 0 spiro atoms. The molecule has 0 radical (unpaired) electrons. The molecule has 4 rings (SSSR count). The van der Waals surface area contributed by atoms with E-state index in [2.05, 4.69) is 10.3 Å². The van der Waals surface area contributed by atoms with Gasteiger partial charge in [0.2, 0.25) is 5.91 Å². The first kappa shape index (κ1) is 24.3. The summed E-state index contributed by atoms with van der Waals surface area (Å²) in [5.41, 5.74) is 2.32. The molecule has 0 unspecified atom stereocenters. The lowest BCUT2D eigenvalue weighted by Gasteiger charge is -2.13. The number of imide groups is 1. The molecule has 1 fully saturated rings. The minimum Gasteiger partial charge on any atom is -0.493 e. The van der Waals surface area contributed by atoms with Gasteiger partial charge in [0.15, 0.2) is 11.5 Å². The number of aromatic nitrogens is 1. The van der Waals surface area contributed by atoms with Crippen LogP contribution < -0.4 is 14.8 Å². The maximum Gasteiger partial charge on any atom is 0.293 e. The zero-order valence-corrected chi connectivity index (χ0v) is 20.3. The Labute approximate surface area is 207 Å². The zero-order chi connectivity index (χ0) is 24.8. The summed E-state index contributed by atoms with van der Waals surface area (Å²) in [5.74, 6) is 0.562. The number of carbonyl (C=O) groups excluding carboxylic acids is 3. The molecule has 1 aliphatic rings. The lowest BCUT2D eigenvalue weighted by atomic mass is 10.1. The van der Waals surface area contributed by atoms with Gasteiger partial charge >= 0.3 is 0 Å². The van der Waals surface area contributed by atoms with Crippen LogP contribution in [0, 0.1) is 0 Å². The fraction of sp³-hybridized carbons (Fsp3) is 0.231. The van der Waals surface area contributed by atoms with Crippen LogP contribution in [0.1, 0.15) is 18.1 Å². The maximum atomic E-state index is 12.8. The molecule has 0 saturated carbocycles. The average Bonchev–Trinajstić information content (AvgIpc) is 3.12. The summed E-state index contributed by atoms with van der Waals surface area (Å²) in [7, 11) is 1.54. The van der Waals surface area contributed by atoms with E-state index < -0.39 is 0 Å². The Hall–Kier alpha value is -3.85. The second-order valence-corrected chi connectivity index (χ2v) is 8.69. The summed E-state index contributed by atoms with van der Waals surface area (Å²) in [6, 6.07) is 14.8. The Balaban J connectivity index is 1.35. The van der Waals surface area contributed by atoms with Crippen molar-refractivity contribution in [1.29, 1.82) is 0 Å². The molecule has 1 aliphatic heterocycles. The number of ether oxygens (including phenoxy) is 2. The van der Waals surface area contributed by atoms with E-state index in [9.17, 15) is 14.4 Å². The van der Waals surface area contributed by atoms with Gasteiger partial charge in [-0.3, -0.25) is 24.3 Å². The van der Waals surface area contributed by atoms with E-state index in [1.165, 1.54) is 0 Å². The van der Waals surface area contributed by atoms with Gasteiger partial charge in [0.1, 0.15) is 0 Å². The highest BCUT2D eigenvalue weighted by atomic mass is 32.2. The molecule has 1 saturated heterocycles. The highest BCUT2D eigenvalue weighted by Gasteiger charge is 2.34. The summed E-state index contributed by atoms with van der Waals surface area (Å²) in [5, 5.41) is 3.39. The number of rotatable bonds is 9. The first-order chi connectivity index (χ1) is 17.0. The standard InChI is InChI=1S/C26H25N3O5S/c1-3-34-20-10-9-17(14-21(20)33-2)15-22-25(31)29(26(32)35-22)13-12-27-23(30)16-19-7-4-6-18-8-5-11-28-24(18)19/h4-11,14-15H,3,12-13,16H2,1-2H3,(H,27,30)/b22-15-. The molecule has 1 aromatic heterocycles. The normalized spacial score (nSPS) is 14.6. The van der Waals surface area contributed by atoms with Crippen molar-refractivity contribution in [2.75, 3.05) is 26.8 Å². The number of amides is 3. The van der Waals surface area contributed by atoms with Crippen LogP contribution in [0.2, 0.25) is 0 Å². The summed E-state index contributed by atoms with van der Waals surface area (Å²) in [4.78, 5) is 43.5. The Morgan fingerprint density at radius 2 is 1.97 bits per heavy atom. The number of hydrogen-bond donors (Lipinski definition) is 1. The minimum absolute atomic E-state index is 0.0914. The van der Waals surface area contributed by atoms with E-state index in [0.717, 1.165) is 33.1 Å². The molecule has 2 heterocycles. The second-order valence-electron chi connectivity index (χ2n) is 7.70. The molecule has 3 aromatic rings. The van der Waals surface area contributed by atoms with E-state index in [1.807, 2.05) is 37.3 Å². The molecule has 35 heavy (non-hydrogen) atoms. The number of para-hydroxylation sites is 1. The van der Waals surface area contributed by atoms with Gasteiger partial charge in [-0.05, 0) is 54.1 Å². The molecule has 9 heteroatoms. The van der Waals surface area contributed by atoms with Gasteiger partial charge in [-0.1, -0.05) is 30.3 Å². The Kier molecular flexibility index (Phi) is 7.67. The van der Waals surface area contributed by atoms with Crippen molar-refractivity contribution >= 4 is 45.8 Å². The first-order valence-corrected chi connectivity index (χ1v) is 12.0. The van der Waals surface area contributed by atoms with Gasteiger partial charge in [0, 0.05) is 24.7 Å². The topological polar surface area (TPSA) is 97.8 Å². The van der Waals surface area contributed by atoms with E-state index >= 15 is 0 Å². The van der Waals surface area contributed by atoms with Crippen molar-refractivity contribution in [3.8, 4) is 11.5 Å². The van der Waals surface area contributed by atoms with E-state index in [-0.39, 0.29) is 36.6 Å². The Morgan fingerprint density at radius 1 is 1.14 bits per heavy atom. The molecule has 3 amide bonds. The van der Waals surface area contributed by atoms with Crippen molar-refractivity contribution < 1.29 is 23.9 Å². The molecular formula is C26H25N3O5S. The van der Waals surface area contributed by atoms with Crippen LogP contribution in [0.25, 0.3) is 17.0 Å². The number of methoxy groups -OCH3 is 1. The summed E-state index contributed by atoms with van der Waals surface area (Å²) in [6.45, 7) is 2.64.